The van der Waals surface area contributed by atoms with E-state index in [0.29, 0.717) is 0 Å². The van der Waals surface area contributed by atoms with E-state index in [0.717, 1.165) is 0 Å². The van der Waals surface area contributed by atoms with Crippen LogP contribution in [0.25, 0.3) is 0 Å². The Balaban J connectivity index is 2.54. The zero-order chi connectivity index (χ0) is 12.5. The van der Waals surface area contributed by atoms with Gasteiger partial charge in [-0.1, -0.05) is 0 Å². The number of rotatable bonds is 2. The van der Waals surface area contributed by atoms with Gasteiger partial charge in [0.05, 0.1) is 6.10 Å². The van der Waals surface area contributed by atoms with E-state index in [1.807, 2.05) is 0 Å². The minimum absolute atomic E-state index is 0.440. The molecule has 9 heteroatoms. The van der Waals surface area contributed by atoms with Crippen molar-refractivity contribution in [3.63, 3.8) is 0 Å². The number of hydrogen-bond donors (Lipinski definition) is 4. The number of thioether (sulfide) groups is 1. The Hall–Kier alpha value is -0.0600. The van der Waals surface area contributed by atoms with Crippen LogP contribution in [-0.2, 0) is 4.74 Å². The maximum atomic E-state index is 11.9. The third-order valence-electron chi connectivity index (χ3n) is 2.10. The summed E-state index contributed by atoms with van der Waals surface area (Å²) in [4.78, 5) is 0. The molecule has 4 N–H and O–H groups in total. The number of hydrogen-bond acceptors (Lipinski definition) is 6. The molecule has 5 atom stereocenters. The highest BCUT2D eigenvalue weighted by Gasteiger charge is 2.44. The lowest BCUT2D eigenvalue weighted by atomic mass is 10.0. The Bertz CT molecular complexity index is 239. The van der Waals surface area contributed by atoms with Gasteiger partial charge in [-0.15, -0.1) is 0 Å². The van der Waals surface area contributed by atoms with Crippen molar-refractivity contribution in [3.05, 3.63) is 0 Å². The van der Waals surface area contributed by atoms with E-state index in [4.69, 9.17) is 10.2 Å². The summed E-state index contributed by atoms with van der Waals surface area (Å²) < 4.78 is 40.1. The van der Waals surface area contributed by atoms with Crippen LogP contribution in [0.15, 0.2) is 0 Å². The van der Waals surface area contributed by atoms with E-state index in [2.05, 4.69) is 4.74 Å². The second kappa shape index (κ2) is 5.07. The zero-order valence-electron chi connectivity index (χ0n) is 7.83. The van der Waals surface area contributed by atoms with E-state index in [-0.39, 0.29) is 0 Å². The normalized spacial score (nSPS) is 41.1. The van der Waals surface area contributed by atoms with Crippen LogP contribution in [0.3, 0.4) is 0 Å². The van der Waals surface area contributed by atoms with Crippen LogP contribution in [0.5, 0.6) is 0 Å². The van der Waals surface area contributed by atoms with Gasteiger partial charge < -0.3 is 25.2 Å². The van der Waals surface area contributed by atoms with Gasteiger partial charge in [0.2, 0.25) is 0 Å². The van der Waals surface area contributed by atoms with Crippen LogP contribution in [0.1, 0.15) is 0 Å². The number of halogens is 3. The lowest BCUT2D eigenvalue weighted by Gasteiger charge is -2.38. The molecule has 0 aromatic carbocycles. The number of alkyl halides is 3. The summed E-state index contributed by atoms with van der Waals surface area (Å²) in [5, 5.41) is 36.6. The van der Waals surface area contributed by atoms with E-state index < -0.39 is 53.7 Å². The Kier molecular flexibility index (Phi) is 4.43. The maximum Gasteiger partial charge on any atom is 0.441 e. The number of ether oxygens (including phenoxy) is 1. The smallest absolute Gasteiger partial charge is 0.388 e. The maximum absolute atomic E-state index is 11.9. The fraction of sp³-hybridized carbons (Fsp3) is 1.00. The van der Waals surface area contributed by atoms with Crippen LogP contribution < -0.4 is 0 Å². The van der Waals surface area contributed by atoms with Crippen molar-refractivity contribution in [3.8, 4) is 0 Å². The lowest BCUT2D eigenvalue weighted by Crippen LogP contribution is -2.58. The molecule has 1 saturated heterocycles. The molecule has 1 aliphatic heterocycles. The first-order chi connectivity index (χ1) is 7.22. The van der Waals surface area contributed by atoms with E-state index >= 15 is 0 Å². The van der Waals surface area contributed by atoms with Gasteiger partial charge in [-0.05, 0) is 11.8 Å². The predicted molar refractivity (Wildman–Crippen MR) is 47.4 cm³/mol. The predicted octanol–water partition coefficient (Wildman–Crippen LogP) is -0.961. The SMILES string of the molecule is OC1O[C@H](CSC(F)(F)F)[C@H](O)[C@H](O)[C@H]1O. The Labute approximate surface area is 92.8 Å². The molecular formula is C7H11F3O5S. The molecular weight excluding hydrogens is 253 g/mol. The van der Waals surface area contributed by atoms with Gasteiger partial charge in [0, 0.05) is 5.75 Å². The highest BCUT2D eigenvalue weighted by molar-refractivity contribution is 8.00. The second-order valence-electron chi connectivity index (χ2n) is 3.29. The largest absolute Gasteiger partial charge is 0.441 e. The highest BCUT2D eigenvalue weighted by atomic mass is 32.2. The quantitative estimate of drug-likeness (QED) is 0.513. The number of aliphatic hydroxyl groups excluding tert-OH is 4. The third-order valence-corrected chi connectivity index (χ3v) is 2.92. The van der Waals surface area contributed by atoms with Gasteiger partial charge in [-0.3, -0.25) is 0 Å². The van der Waals surface area contributed by atoms with Gasteiger partial charge >= 0.3 is 5.51 Å². The molecule has 16 heavy (non-hydrogen) atoms. The van der Waals surface area contributed by atoms with Gasteiger partial charge in [0.15, 0.2) is 6.29 Å². The molecule has 5 nitrogen and oxygen atoms in total. The van der Waals surface area contributed by atoms with E-state index in [1.54, 1.807) is 0 Å². The second-order valence-corrected chi connectivity index (χ2v) is 4.38. The van der Waals surface area contributed by atoms with Crippen molar-refractivity contribution in [2.75, 3.05) is 5.75 Å². The third kappa shape index (κ3) is 3.47. The summed E-state index contributed by atoms with van der Waals surface area (Å²) >= 11 is -0.440. The fourth-order valence-corrected chi connectivity index (χ4v) is 1.87. The summed E-state index contributed by atoms with van der Waals surface area (Å²) in [5.74, 6) is -0.675. The molecule has 0 spiro atoms. The Morgan fingerprint density at radius 3 is 2.06 bits per heavy atom. The van der Waals surface area contributed by atoms with Crippen molar-refractivity contribution >= 4 is 11.8 Å². The van der Waals surface area contributed by atoms with Gasteiger partial charge in [-0.25, -0.2) is 0 Å². The molecule has 0 aromatic rings. The minimum atomic E-state index is -4.49. The average molecular weight is 264 g/mol. The van der Waals surface area contributed by atoms with Crippen molar-refractivity contribution in [1.29, 1.82) is 0 Å². The van der Waals surface area contributed by atoms with E-state index in [9.17, 15) is 23.4 Å². The van der Waals surface area contributed by atoms with Gasteiger partial charge in [0.1, 0.15) is 18.3 Å². The minimum Gasteiger partial charge on any atom is -0.388 e. The molecule has 0 saturated carbocycles. The van der Waals surface area contributed by atoms with Gasteiger partial charge in [0.25, 0.3) is 0 Å². The molecule has 0 aromatic heterocycles. The standard InChI is InChI=1S/C7H11F3O5S/c8-7(9,10)16-1-2-3(11)4(12)5(13)6(14)15-2/h2-6,11-14H,1H2/t2-,3+,4+,5-,6?/m1/s1. The summed E-state index contributed by atoms with van der Waals surface area (Å²) in [6.07, 6.45) is -8.34. The van der Waals surface area contributed by atoms with Crippen molar-refractivity contribution in [2.45, 2.75) is 36.2 Å². The van der Waals surface area contributed by atoms with Crippen LogP contribution in [0, 0.1) is 0 Å². The van der Waals surface area contributed by atoms with Crippen LogP contribution >= 0.6 is 11.8 Å². The summed E-state index contributed by atoms with van der Waals surface area (Å²) in [7, 11) is 0. The topological polar surface area (TPSA) is 90.2 Å². The molecule has 1 unspecified atom stereocenters. The molecule has 0 amide bonds. The summed E-state index contributed by atoms with van der Waals surface area (Å²) in [6, 6.07) is 0. The van der Waals surface area contributed by atoms with Crippen LogP contribution in [0.4, 0.5) is 13.2 Å². The van der Waals surface area contributed by atoms with Crippen molar-refractivity contribution < 1.29 is 38.3 Å². The van der Waals surface area contributed by atoms with Crippen molar-refractivity contribution in [2.24, 2.45) is 0 Å². The van der Waals surface area contributed by atoms with Crippen molar-refractivity contribution in [1.82, 2.24) is 0 Å². The molecule has 96 valence electrons. The van der Waals surface area contributed by atoms with Crippen LogP contribution in [0.2, 0.25) is 0 Å². The lowest BCUT2D eigenvalue weighted by molar-refractivity contribution is -0.276. The molecule has 1 rings (SSSR count). The molecule has 1 aliphatic rings. The zero-order valence-corrected chi connectivity index (χ0v) is 8.65. The van der Waals surface area contributed by atoms with Crippen LogP contribution in [-0.4, -0.2) is 62.4 Å². The Morgan fingerprint density at radius 2 is 1.56 bits per heavy atom. The number of aliphatic hydroxyl groups is 4. The average Bonchev–Trinajstić information content (AvgIpc) is 2.17. The monoisotopic (exact) mass is 264 g/mol. The molecule has 1 heterocycles. The molecule has 0 bridgehead atoms. The molecule has 1 fully saturated rings. The fourth-order valence-electron chi connectivity index (χ4n) is 1.25. The van der Waals surface area contributed by atoms with Gasteiger partial charge in [-0.2, -0.15) is 13.2 Å². The summed E-state index contributed by atoms with van der Waals surface area (Å²) in [5.41, 5.74) is -4.49. The first-order valence-electron chi connectivity index (χ1n) is 4.31. The first kappa shape index (κ1) is 14.0. The Morgan fingerprint density at radius 1 is 1.00 bits per heavy atom. The first-order valence-corrected chi connectivity index (χ1v) is 5.29. The molecule has 0 aliphatic carbocycles. The summed E-state index contributed by atoms with van der Waals surface area (Å²) in [6.45, 7) is 0. The van der Waals surface area contributed by atoms with E-state index in [1.165, 1.54) is 0 Å². The highest BCUT2D eigenvalue weighted by Crippen LogP contribution is 2.33. The molecule has 0 radical (unpaired) electrons.